The number of hydrazine groups is 1. The van der Waals surface area contributed by atoms with E-state index < -0.39 is 0 Å². The predicted molar refractivity (Wildman–Crippen MR) is 83.2 cm³/mol. The summed E-state index contributed by atoms with van der Waals surface area (Å²) in [5.41, 5.74) is 5.22. The van der Waals surface area contributed by atoms with Gasteiger partial charge >= 0.3 is 0 Å². The Morgan fingerprint density at radius 1 is 1.14 bits per heavy atom. The highest BCUT2D eigenvalue weighted by atomic mass is 15.4. The average Bonchev–Trinajstić information content (AvgIpc) is 2.53. The first-order valence-electron chi connectivity index (χ1n) is 6.89. The lowest BCUT2D eigenvalue weighted by molar-refractivity contribution is 0.703. The third kappa shape index (κ3) is 2.73. The summed E-state index contributed by atoms with van der Waals surface area (Å²) in [5.74, 6) is 7.07. The number of benzene rings is 1. The minimum atomic E-state index is 0.377. The SMILES string of the molecule is CN(C)c1nc(NN)nc(N2CCc3ccccc3C2)n1. The molecule has 7 heteroatoms. The molecule has 0 atom stereocenters. The summed E-state index contributed by atoms with van der Waals surface area (Å²) in [6.07, 6.45) is 0.991. The fraction of sp³-hybridized carbons (Fsp3) is 0.357. The average molecular weight is 285 g/mol. The maximum Gasteiger partial charge on any atom is 0.243 e. The molecule has 1 aromatic heterocycles. The summed E-state index contributed by atoms with van der Waals surface area (Å²) >= 11 is 0. The zero-order chi connectivity index (χ0) is 14.8. The normalized spacial score (nSPS) is 13.8. The molecule has 1 aliphatic rings. The van der Waals surface area contributed by atoms with Crippen LogP contribution in [0.2, 0.25) is 0 Å². The monoisotopic (exact) mass is 285 g/mol. The van der Waals surface area contributed by atoms with Gasteiger partial charge in [-0.15, -0.1) is 0 Å². The molecule has 0 amide bonds. The predicted octanol–water partition coefficient (Wildman–Crippen LogP) is 0.786. The molecule has 1 aliphatic heterocycles. The highest BCUT2D eigenvalue weighted by Gasteiger charge is 2.20. The summed E-state index contributed by atoms with van der Waals surface area (Å²) < 4.78 is 0. The van der Waals surface area contributed by atoms with Crippen molar-refractivity contribution in [1.29, 1.82) is 0 Å². The van der Waals surface area contributed by atoms with Crippen LogP contribution in [0.25, 0.3) is 0 Å². The molecule has 7 nitrogen and oxygen atoms in total. The third-order valence-corrected chi connectivity index (χ3v) is 3.55. The number of fused-ring (bicyclic) bond motifs is 1. The molecule has 0 saturated carbocycles. The second-order valence-corrected chi connectivity index (χ2v) is 5.24. The fourth-order valence-electron chi connectivity index (χ4n) is 2.43. The van der Waals surface area contributed by atoms with Crippen molar-refractivity contribution in [1.82, 2.24) is 15.0 Å². The van der Waals surface area contributed by atoms with Crippen molar-refractivity contribution >= 4 is 17.8 Å². The Labute approximate surface area is 123 Å². The Morgan fingerprint density at radius 2 is 1.90 bits per heavy atom. The van der Waals surface area contributed by atoms with Gasteiger partial charge < -0.3 is 9.80 Å². The van der Waals surface area contributed by atoms with Crippen molar-refractivity contribution < 1.29 is 0 Å². The molecule has 110 valence electrons. The maximum atomic E-state index is 5.45. The van der Waals surface area contributed by atoms with Gasteiger partial charge in [0.2, 0.25) is 17.8 Å². The van der Waals surface area contributed by atoms with Gasteiger partial charge in [0.1, 0.15) is 0 Å². The van der Waals surface area contributed by atoms with Crippen molar-refractivity contribution in [2.45, 2.75) is 13.0 Å². The number of hydrogen-bond acceptors (Lipinski definition) is 7. The lowest BCUT2D eigenvalue weighted by Crippen LogP contribution is -2.32. The minimum absolute atomic E-state index is 0.377. The van der Waals surface area contributed by atoms with Crippen LogP contribution in [0.4, 0.5) is 17.8 Å². The number of anilines is 3. The van der Waals surface area contributed by atoms with Gasteiger partial charge in [-0.25, -0.2) is 5.84 Å². The number of nitrogens with two attached hydrogens (primary N) is 1. The molecule has 0 aliphatic carbocycles. The molecule has 3 N–H and O–H groups in total. The van der Waals surface area contributed by atoms with Gasteiger partial charge in [0.05, 0.1) is 0 Å². The zero-order valence-corrected chi connectivity index (χ0v) is 12.2. The van der Waals surface area contributed by atoms with Crippen molar-refractivity contribution in [3.63, 3.8) is 0 Å². The first-order valence-corrected chi connectivity index (χ1v) is 6.89. The van der Waals surface area contributed by atoms with Crippen LogP contribution in [0.15, 0.2) is 24.3 Å². The summed E-state index contributed by atoms with van der Waals surface area (Å²) in [7, 11) is 3.79. The van der Waals surface area contributed by atoms with Crippen molar-refractivity contribution in [3.8, 4) is 0 Å². The number of rotatable bonds is 3. The lowest BCUT2D eigenvalue weighted by Gasteiger charge is -2.29. The Bertz CT molecular complexity index is 641. The molecule has 0 unspecified atom stereocenters. The van der Waals surface area contributed by atoms with E-state index in [4.69, 9.17) is 5.84 Å². The van der Waals surface area contributed by atoms with Gasteiger partial charge in [0, 0.05) is 27.2 Å². The molecule has 3 rings (SSSR count). The highest BCUT2D eigenvalue weighted by molar-refractivity contribution is 5.46. The van der Waals surface area contributed by atoms with Crippen molar-refractivity contribution in [3.05, 3.63) is 35.4 Å². The van der Waals surface area contributed by atoms with Crippen LogP contribution in [0.3, 0.4) is 0 Å². The van der Waals surface area contributed by atoms with Gasteiger partial charge in [-0.2, -0.15) is 15.0 Å². The van der Waals surface area contributed by atoms with E-state index in [9.17, 15) is 0 Å². The highest BCUT2D eigenvalue weighted by Crippen LogP contribution is 2.23. The smallest absolute Gasteiger partial charge is 0.243 e. The van der Waals surface area contributed by atoms with E-state index in [1.54, 1.807) is 0 Å². The maximum absolute atomic E-state index is 5.45. The van der Waals surface area contributed by atoms with Crippen LogP contribution in [-0.2, 0) is 13.0 Å². The van der Waals surface area contributed by atoms with Crippen molar-refractivity contribution in [2.75, 3.05) is 35.9 Å². The third-order valence-electron chi connectivity index (χ3n) is 3.55. The number of nitrogen functional groups attached to an aromatic ring is 1. The molecule has 0 spiro atoms. The Balaban J connectivity index is 1.92. The molecule has 0 fully saturated rings. The Kier molecular flexibility index (Phi) is 3.57. The molecular weight excluding hydrogens is 266 g/mol. The molecule has 21 heavy (non-hydrogen) atoms. The quantitative estimate of drug-likeness (QED) is 0.637. The van der Waals surface area contributed by atoms with Crippen LogP contribution < -0.4 is 21.1 Å². The molecule has 2 heterocycles. The summed E-state index contributed by atoms with van der Waals surface area (Å²) in [4.78, 5) is 17.1. The molecule has 0 radical (unpaired) electrons. The van der Waals surface area contributed by atoms with Crippen LogP contribution in [0.5, 0.6) is 0 Å². The second kappa shape index (κ2) is 5.53. The standard InChI is InChI=1S/C14H19N7/c1-20(2)13-16-12(19-15)17-14(18-13)21-8-7-10-5-3-4-6-11(10)9-21/h3-6H,7-9,15H2,1-2H3,(H,16,17,18,19). The summed E-state index contributed by atoms with van der Waals surface area (Å²) in [6.45, 7) is 1.69. The molecule has 0 bridgehead atoms. The van der Waals surface area contributed by atoms with Gasteiger partial charge in [-0.1, -0.05) is 24.3 Å². The lowest BCUT2D eigenvalue weighted by atomic mass is 10.0. The summed E-state index contributed by atoms with van der Waals surface area (Å²) in [5, 5.41) is 0. The van der Waals surface area contributed by atoms with E-state index in [2.05, 4.69) is 49.5 Å². The minimum Gasteiger partial charge on any atom is -0.347 e. The van der Waals surface area contributed by atoms with Crippen LogP contribution in [0, 0.1) is 0 Å². The fourth-order valence-corrected chi connectivity index (χ4v) is 2.43. The molecule has 2 aromatic rings. The van der Waals surface area contributed by atoms with E-state index in [1.165, 1.54) is 11.1 Å². The van der Waals surface area contributed by atoms with E-state index in [-0.39, 0.29) is 0 Å². The van der Waals surface area contributed by atoms with Crippen LogP contribution >= 0.6 is 0 Å². The summed E-state index contributed by atoms with van der Waals surface area (Å²) in [6, 6.07) is 8.47. The number of nitrogens with one attached hydrogen (secondary N) is 1. The van der Waals surface area contributed by atoms with Crippen LogP contribution in [-0.4, -0.2) is 35.6 Å². The second-order valence-electron chi connectivity index (χ2n) is 5.24. The largest absolute Gasteiger partial charge is 0.347 e. The van der Waals surface area contributed by atoms with E-state index in [1.807, 2.05) is 19.0 Å². The van der Waals surface area contributed by atoms with Crippen molar-refractivity contribution in [2.24, 2.45) is 5.84 Å². The van der Waals surface area contributed by atoms with Gasteiger partial charge in [-0.05, 0) is 17.5 Å². The zero-order valence-electron chi connectivity index (χ0n) is 12.2. The van der Waals surface area contributed by atoms with Gasteiger partial charge in [0.15, 0.2) is 0 Å². The van der Waals surface area contributed by atoms with E-state index in [0.717, 1.165) is 19.5 Å². The number of nitrogens with zero attached hydrogens (tertiary/aromatic N) is 5. The first kappa shape index (κ1) is 13.6. The molecular formula is C14H19N7. The topological polar surface area (TPSA) is 83.2 Å². The number of aromatic nitrogens is 3. The molecule has 0 saturated heterocycles. The first-order chi connectivity index (χ1) is 10.2. The number of hydrogen-bond donors (Lipinski definition) is 2. The Morgan fingerprint density at radius 3 is 2.62 bits per heavy atom. The van der Waals surface area contributed by atoms with E-state index >= 15 is 0 Å². The van der Waals surface area contributed by atoms with Gasteiger partial charge in [-0.3, -0.25) is 5.43 Å². The Hall–Kier alpha value is -2.41. The van der Waals surface area contributed by atoms with Crippen LogP contribution in [0.1, 0.15) is 11.1 Å². The van der Waals surface area contributed by atoms with E-state index in [0.29, 0.717) is 17.8 Å². The van der Waals surface area contributed by atoms with Gasteiger partial charge in [0.25, 0.3) is 0 Å². The molecule has 1 aromatic carbocycles.